The highest BCUT2D eigenvalue weighted by molar-refractivity contribution is 6.07. The van der Waals surface area contributed by atoms with Crippen LogP contribution in [0.3, 0.4) is 0 Å². The number of aryl methyl sites for hydroxylation is 2. The van der Waals surface area contributed by atoms with Crippen molar-refractivity contribution in [1.82, 2.24) is 15.1 Å². The van der Waals surface area contributed by atoms with Crippen LogP contribution in [0, 0.1) is 13.8 Å². The summed E-state index contributed by atoms with van der Waals surface area (Å²) >= 11 is 0. The Bertz CT molecular complexity index is 1060. The van der Waals surface area contributed by atoms with Gasteiger partial charge in [-0.3, -0.25) is 4.98 Å². The lowest BCUT2D eigenvalue weighted by Gasteiger charge is -2.00. The average Bonchev–Trinajstić information content (AvgIpc) is 3.05. The zero-order chi connectivity index (χ0) is 16.1. The molecule has 6 heteroatoms. The molecule has 0 fully saturated rings. The quantitative estimate of drug-likeness (QED) is 0.589. The van der Waals surface area contributed by atoms with Crippen molar-refractivity contribution in [3.05, 3.63) is 47.5 Å². The first-order valence-corrected chi connectivity index (χ1v) is 7.12. The molecule has 3 heterocycles. The van der Waals surface area contributed by atoms with Crippen LogP contribution in [-0.4, -0.2) is 26.2 Å². The smallest absolute Gasteiger partial charge is 0.335 e. The molecule has 0 aliphatic rings. The van der Waals surface area contributed by atoms with Gasteiger partial charge in [0.25, 0.3) is 0 Å². The van der Waals surface area contributed by atoms with Gasteiger partial charge in [0.2, 0.25) is 0 Å². The number of fused-ring (bicyclic) bond motifs is 3. The van der Waals surface area contributed by atoms with Crippen LogP contribution >= 0.6 is 0 Å². The first-order chi connectivity index (χ1) is 11.0. The second-order valence-electron chi connectivity index (χ2n) is 5.51. The van der Waals surface area contributed by atoms with E-state index in [2.05, 4.69) is 15.1 Å². The summed E-state index contributed by atoms with van der Waals surface area (Å²) in [6, 6.07) is 6.96. The van der Waals surface area contributed by atoms with Crippen LogP contribution in [0.25, 0.3) is 33.1 Å². The number of aromatic carboxylic acids is 1. The first kappa shape index (κ1) is 13.5. The third-order valence-corrected chi connectivity index (χ3v) is 4.00. The Labute approximate surface area is 130 Å². The van der Waals surface area contributed by atoms with Crippen molar-refractivity contribution in [2.45, 2.75) is 13.8 Å². The number of nitrogens with one attached hydrogen (secondary N) is 1. The molecule has 114 valence electrons. The summed E-state index contributed by atoms with van der Waals surface area (Å²) in [4.78, 5) is 18.9. The Morgan fingerprint density at radius 3 is 2.74 bits per heavy atom. The molecule has 0 unspecified atom stereocenters. The van der Waals surface area contributed by atoms with E-state index in [1.807, 2.05) is 19.9 Å². The number of aromatic amines is 1. The zero-order valence-corrected chi connectivity index (χ0v) is 12.5. The zero-order valence-electron chi connectivity index (χ0n) is 12.5. The van der Waals surface area contributed by atoms with Crippen molar-refractivity contribution in [3.8, 4) is 11.1 Å². The van der Waals surface area contributed by atoms with E-state index in [1.54, 1.807) is 24.4 Å². The summed E-state index contributed by atoms with van der Waals surface area (Å²) in [5.41, 5.74) is 5.32. The van der Waals surface area contributed by atoms with E-state index in [0.29, 0.717) is 0 Å². The van der Waals surface area contributed by atoms with Gasteiger partial charge in [-0.2, -0.15) is 0 Å². The van der Waals surface area contributed by atoms with Gasteiger partial charge in [0.1, 0.15) is 5.76 Å². The van der Waals surface area contributed by atoms with Crippen molar-refractivity contribution < 1.29 is 14.4 Å². The molecule has 3 aromatic heterocycles. The molecule has 0 bridgehead atoms. The highest BCUT2D eigenvalue weighted by Crippen LogP contribution is 2.31. The fourth-order valence-electron chi connectivity index (χ4n) is 2.94. The summed E-state index contributed by atoms with van der Waals surface area (Å²) in [7, 11) is 0. The number of nitrogens with zero attached hydrogens (tertiary/aromatic N) is 2. The molecular formula is C17H13N3O3. The van der Waals surface area contributed by atoms with Crippen LogP contribution in [0.15, 0.2) is 35.0 Å². The van der Waals surface area contributed by atoms with Crippen molar-refractivity contribution in [3.63, 3.8) is 0 Å². The van der Waals surface area contributed by atoms with E-state index in [4.69, 9.17) is 9.63 Å². The van der Waals surface area contributed by atoms with Crippen LogP contribution in [0.1, 0.15) is 21.8 Å². The van der Waals surface area contributed by atoms with Crippen LogP contribution in [-0.2, 0) is 0 Å². The third-order valence-electron chi connectivity index (χ3n) is 4.00. The third kappa shape index (κ3) is 1.99. The van der Waals surface area contributed by atoms with Gasteiger partial charge >= 0.3 is 5.97 Å². The van der Waals surface area contributed by atoms with E-state index in [1.165, 1.54) is 0 Å². The minimum absolute atomic E-state index is 0.245. The second kappa shape index (κ2) is 4.67. The molecule has 0 amide bonds. The molecule has 23 heavy (non-hydrogen) atoms. The number of H-pyrrole nitrogens is 1. The molecule has 0 aliphatic carbocycles. The van der Waals surface area contributed by atoms with E-state index < -0.39 is 5.97 Å². The second-order valence-corrected chi connectivity index (χ2v) is 5.51. The fraction of sp³-hybridized carbons (Fsp3) is 0.118. The molecule has 0 atom stereocenters. The summed E-state index contributed by atoms with van der Waals surface area (Å²) in [5.74, 6) is -0.206. The SMILES string of the molecule is Cc1noc(C)c1-c1cnc2c(c1)[nH]c1cc(C(=O)O)ccc12. The van der Waals surface area contributed by atoms with Gasteiger partial charge < -0.3 is 14.6 Å². The van der Waals surface area contributed by atoms with Gasteiger partial charge in [0.15, 0.2) is 0 Å². The predicted octanol–water partition coefficient (Wildman–Crippen LogP) is 3.69. The van der Waals surface area contributed by atoms with Crippen molar-refractivity contribution in [2.24, 2.45) is 0 Å². The maximum absolute atomic E-state index is 11.1. The van der Waals surface area contributed by atoms with Crippen molar-refractivity contribution in [1.29, 1.82) is 0 Å². The van der Waals surface area contributed by atoms with Crippen molar-refractivity contribution in [2.75, 3.05) is 0 Å². The molecule has 1 aromatic carbocycles. The average molecular weight is 307 g/mol. The van der Waals surface area contributed by atoms with Gasteiger partial charge in [0.05, 0.1) is 22.3 Å². The normalized spacial score (nSPS) is 11.4. The Balaban J connectivity index is 1.96. The van der Waals surface area contributed by atoms with Gasteiger partial charge in [-0.1, -0.05) is 5.16 Å². The maximum atomic E-state index is 11.1. The number of carboxylic acid groups (broad SMARTS) is 1. The summed E-state index contributed by atoms with van der Waals surface area (Å²) < 4.78 is 5.21. The lowest BCUT2D eigenvalue weighted by molar-refractivity contribution is 0.0697. The molecule has 0 radical (unpaired) electrons. The Hall–Kier alpha value is -3.15. The lowest BCUT2D eigenvalue weighted by atomic mass is 10.1. The number of aromatic nitrogens is 3. The first-order valence-electron chi connectivity index (χ1n) is 7.12. The number of hydrogen-bond donors (Lipinski definition) is 2. The molecule has 0 aliphatic heterocycles. The maximum Gasteiger partial charge on any atom is 0.335 e. The van der Waals surface area contributed by atoms with E-state index in [9.17, 15) is 4.79 Å². The number of hydrogen-bond acceptors (Lipinski definition) is 4. The highest BCUT2D eigenvalue weighted by Gasteiger charge is 2.14. The Morgan fingerprint density at radius 2 is 2.04 bits per heavy atom. The summed E-state index contributed by atoms with van der Waals surface area (Å²) in [6.45, 7) is 3.75. The molecule has 0 saturated heterocycles. The van der Waals surface area contributed by atoms with E-state index in [0.717, 1.165) is 44.5 Å². The molecular weight excluding hydrogens is 294 g/mol. The number of carboxylic acids is 1. The van der Waals surface area contributed by atoms with Crippen LogP contribution in [0.4, 0.5) is 0 Å². The Kier molecular flexibility index (Phi) is 2.74. The standard InChI is InChI=1S/C17H13N3O3/c1-8-15(9(2)23-20-8)11-6-14-16(18-7-11)12-4-3-10(17(21)22)5-13(12)19-14/h3-7,19H,1-2H3,(H,21,22). The van der Waals surface area contributed by atoms with Crippen LogP contribution < -0.4 is 0 Å². The van der Waals surface area contributed by atoms with Gasteiger partial charge in [-0.05, 0) is 38.1 Å². The highest BCUT2D eigenvalue weighted by atomic mass is 16.5. The molecule has 0 spiro atoms. The lowest BCUT2D eigenvalue weighted by Crippen LogP contribution is -1.94. The topological polar surface area (TPSA) is 92.0 Å². The predicted molar refractivity (Wildman–Crippen MR) is 85.5 cm³/mol. The molecule has 4 aromatic rings. The molecule has 2 N–H and O–H groups in total. The summed E-state index contributed by atoms with van der Waals surface area (Å²) in [6.07, 6.45) is 1.78. The number of rotatable bonds is 2. The molecule has 4 rings (SSSR count). The van der Waals surface area contributed by atoms with Crippen LogP contribution in [0.2, 0.25) is 0 Å². The number of benzene rings is 1. The number of carbonyl (C=O) groups is 1. The molecule has 6 nitrogen and oxygen atoms in total. The summed E-state index contributed by atoms with van der Waals surface area (Å²) in [5, 5.41) is 14.0. The van der Waals surface area contributed by atoms with Gasteiger partial charge in [0, 0.05) is 28.2 Å². The van der Waals surface area contributed by atoms with Crippen LogP contribution in [0.5, 0.6) is 0 Å². The Morgan fingerprint density at radius 1 is 1.22 bits per heavy atom. The van der Waals surface area contributed by atoms with Gasteiger partial charge in [-0.25, -0.2) is 4.79 Å². The minimum atomic E-state index is -0.949. The molecule has 0 saturated carbocycles. The van der Waals surface area contributed by atoms with E-state index in [-0.39, 0.29) is 5.56 Å². The number of pyridine rings is 1. The van der Waals surface area contributed by atoms with Gasteiger partial charge in [-0.15, -0.1) is 0 Å². The largest absolute Gasteiger partial charge is 0.478 e. The minimum Gasteiger partial charge on any atom is -0.478 e. The fourth-order valence-corrected chi connectivity index (χ4v) is 2.94. The van der Waals surface area contributed by atoms with E-state index >= 15 is 0 Å². The monoisotopic (exact) mass is 307 g/mol. The van der Waals surface area contributed by atoms with Crippen molar-refractivity contribution >= 4 is 27.9 Å².